The summed E-state index contributed by atoms with van der Waals surface area (Å²) in [6.07, 6.45) is 3.46. The molecule has 0 spiro atoms. The van der Waals surface area contributed by atoms with Gasteiger partial charge in [-0.3, -0.25) is 9.78 Å². The zero-order chi connectivity index (χ0) is 23.9. The molecular formula is C24H26N6O4. The van der Waals surface area contributed by atoms with E-state index in [4.69, 9.17) is 14.5 Å². The summed E-state index contributed by atoms with van der Waals surface area (Å²) in [7, 11) is 1.60. The zero-order valence-electron chi connectivity index (χ0n) is 19.1. The highest BCUT2D eigenvalue weighted by Gasteiger charge is 2.19. The number of nitrogens with zero attached hydrogens (tertiary/aromatic N) is 4. The quantitative estimate of drug-likeness (QED) is 0.550. The molecule has 0 saturated carbocycles. The molecule has 1 aliphatic rings. The molecule has 0 aliphatic carbocycles. The second kappa shape index (κ2) is 10.7. The Morgan fingerprint density at radius 3 is 2.35 bits per heavy atom. The summed E-state index contributed by atoms with van der Waals surface area (Å²) in [6.45, 7) is 4.27. The predicted octanol–water partition coefficient (Wildman–Crippen LogP) is 3.16. The Kier molecular flexibility index (Phi) is 7.28. The van der Waals surface area contributed by atoms with Gasteiger partial charge in [-0.05, 0) is 43.3 Å². The van der Waals surface area contributed by atoms with Gasteiger partial charge < -0.3 is 25.0 Å². The summed E-state index contributed by atoms with van der Waals surface area (Å²) in [5, 5.41) is 5.50. The van der Waals surface area contributed by atoms with Crippen molar-refractivity contribution < 1.29 is 19.1 Å². The van der Waals surface area contributed by atoms with Crippen LogP contribution in [0.25, 0.3) is 11.4 Å². The van der Waals surface area contributed by atoms with Gasteiger partial charge in [-0.25, -0.2) is 14.8 Å². The van der Waals surface area contributed by atoms with E-state index in [1.165, 1.54) is 13.1 Å². The summed E-state index contributed by atoms with van der Waals surface area (Å²) >= 11 is 0. The number of ether oxygens (including phenoxy) is 2. The van der Waals surface area contributed by atoms with Gasteiger partial charge in [0.15, 0.2) is 17.4 Å². The Hall–Kier alpha value is -4.05. The lowest BCUT2D eigenvalue weighted by atomic mass is 10.2. The zero-order valence-corrected chi connectivity index (χ0v) is 19.1. The number of hydrogen-bond acceptors (Lipinski definition) is 8. The molecule has 0 bridgehead atoms. The number of Topliss-reactive ketones (excluding diaryl/α,β-unsaturated/α-hetero) is 1. The van der Waals surface area contributed by atoms with Gasteiger partial charge in [-0.2, -0.15) is 0 Å². The van der Waals surface area contributed by atoms with Crippen LogP contribution in [0, 0.1) is 0 Å². The van der Waals surface area contributed by atoms with Crippen LogP contribution in [-0.2, 0) is 16.0 Å². The van der Waals surface area contributed by atoms with Crippen LogP contribution in [0.3, 0.4) is 0 Å². The summed E-state index contributed by atoms with van der Waals surface area (Å²) in [4.78, 5) is 38.9. The van der Waals surface area contributed by atoms with E-state index >= 15 is 0 Å². The number of ketones is 1. The van der Waals surface area contributed by atoms with Crippen molar-refractivity contribution in [3.05, 3.63) is 54.5 Å². The molecule has 0 radical (unpaired) electrons. The van der Waals surface area contributed by atoms with Gasteiger partial charge >= 0.3 is 6.03 Å². The van der Waals surface area contributed by atoms with Gasteiger partial charge in [0.1, 0.15) is 5.78 Å². The lowest BCUT2D eigenvalue weighted by Crippen LogP contribution is -2.37. The number of carbonyl (C=O) groups excluding carboxylic acids is 2. The van der Waals surface area contributed by atoms with Crippen molar-refractivity contribution in [2.24, 2.45) is 0 Å². The average Bonchev–Trinajstić information content (AvgIpc) is 2.85. The lowest BCUT2D eigenvalue weighted by molar-refractivity contribution is -0.116. The van der Waals surface area contributed by atoms with Gasteiger partial charge in [0.25, 0.3) is 0 Å². The third-order valence-corrected chi connectivity index (χ3v) is 5.18. The lowest BCUT2D eigenvalue weighted by Gasteiger charge is -2.28. The maximum atomic E-state index is 12.3. The number of rotatable bonds is 7. The fourth-order valence-corrected chi connectivity index (χ4v) is 3.50. The Morgan fingerprint density at radius 2 is 1.71 bits per heavy atom. The Balaban J connectivity index is 1.41. The molecule has 3 heterocycles. The van der Waals surface area contributed by atoms with Crippen LogP contribution in [0.1, 0.15) is 12.6 Å². The third kappa shape index (κ3) is 5.84. The highest BCUT2D eigenvalue weighted by atomic mass is 16.5. The summed E-state index contributed by atoms with van der Waals surface area (Å²) < 4.78 is 10.9. The van der Waals surface area contributed by atoms with Crippen molar-refractivity contribution in [3.63, 3.8) is 0 Å². The molecule has 10 heteroatoms. The molecule has 0 unspecified atom stereocenters. The van der Waals surface area contributed by atoms with Crippen molar-refractivity contribution in [3.8, 4) is 17.1 Å². The molecule has 176 valence electrons. The highest BCUT2D eigenvalue weighted by molar-refractivity contribution is 5.99. The van der Waals surface area contributed by atoms with Gasteiger partial charge in [-0.15, -0.1) is 0 Å². The maximum Gasteiger partial charge on any atom is 0.323 e. The highest BCUT2D eigenvalue weighted by Crippen LogP contribution is 2.29. The fraction of sp³-hybridized carbons (Fsp3) is 0.292. The molecule has 1 aromatic carbocycles. The van der Waals surface area contributed by atoms with E-state index in [-0.39, 0.29) is 12.2 Å². The molecular weight excluding hydrogens is 436 g/mol. The van der Waals surface area contributed by atoms with Crippen molar-refractivity contribution in [1.82, 2.24) is 15.0 Å². The first-order chi connectivity index (χ1) is 16.5. The Bertz CT molecular complexity index is 1150. The molecule has 34 heavy (non-hydrogen) atoms. The summed E-state index contributed by atoms with van der Waals surface area (Å²) in [6, 6.07) is 10.3. The average molecular weight is 463 g/mol. The molecule has 10 nitrogen and oxygen atoms in total. The molecule has 2 aromatic heterocycles. The van der Waals surface area contributed by atoms with Crippen LogP contribution in [0.4, 0.5) is 22.0 Å². The van der Waals surface area contributed by atoms with E-state index in [0.717, 1.165) is 24.5 Å². The van der Waals surface area contributed by atoms with Gasteiger partial charge in [0.05, 0.1) is 38.4 Å². The number of benzene rings is 1. The number of amides is 2. The smallest absolute Gasteiger partial charge is 0.323 e. The second-order valence-electron chi connectivity index (χ2n) is 7.76. The monoisotopic (exact) mass is 462 g/mol. The molecule has 3 aromatic rings. The Labute approximate surface area is 197 Å². The topological polar surface area (TPSA) is 119 Å². The molecule has 1 saturated heterocycles. The second-order valence-corrected chi connectivity index (χ2v) is 7.76. The number of carbonyl (C=O) groups is 2. The molecule has 4 rings (SSSR count). The van der Waals surface area contributed by atoms with E-state index in [9.17, 15) is 9.59 Å². The first-order valence-corrected chi connectivity index (χ1v) is 10.9. The number of hydrogen-bond donors (Lipinski definition) is 2. The van der Waals surface area contributed by atoms with Crippen molar-refractivity contribution in [2.75, 3.05) is 48.9 Å². The number of nitrogens with one attached hydrogen (secondary N) is 2. The van der Waals surface area contributed by atoms with Crippen LogP contribution >= 0.6 is 0 Å². The predicted molar refractivity (Wildman–Crippen MR) is 128 cm³/mol. The number of urea groups is 1. The SMILES string of the molecule is COc1cnc(-c2ccc(NC(=O)Nc3ccc(CC(C)=O)nc3)cc2)nc1N1CCOCC1. The molecule has 1 fully saturated rings. The number of methoxy groups -OCH3 is 1. The fourth-order valence-electron chi connectivity index (χ4n) is 3.50. The number of anilines is 3. The standard InChI is InChI=1S/C24H26N6O4/c1-16(31)13-19-7-8-20(14-25-19)28-24(32)27-18-5-3-17(4-6-18)22-26-15-21(33-2)23(29-22)30-9-11-34-12-10-30/h3-8,14-15H,9-13H2,1-2H3,(H2,27,28,32). The van der Waals surface area contributed by atoms with E-state index in [1.807, 2.05) is 12.1 Å². The van der Waals surface area contributed by atoms with Crippen LogP contribution in [-0.4, -0.2) is 60.2 Å². The van der Waals surface area contributed by atoms with E-state index in [2.05, 4.69) is 25.5 Å². The molecule has 2 N–H and O–H groups in total. The van der Waals surface area contributed by atoms with Crippen molar-refractivity contribution in [1.29, 1.82) is 0 Å². The molecule has 1 aliphatic heterocycles. The third-order valence-electron chi connectivity index (χ3n) is 5.18. The minimum atomic E-state index is -0.399. The minimum absolute atomic E-state index is 0.0340. The van der Waals surface area contributed by atoms with Crippen molar-refractivity contribution >= 4 is 29.0 Å². The van der Waals surface area contributed by atoms with Gasteiger partial charge in [-0.1, -0.05) is 0 Å². The normalized spacial score (nSPS) is 13.3. The molecule has 2 amide bonds. The van der Waals surface area contributed by atoms with Crippen LogP contribution < -0.4 is 20.3 Å². The van der Waals surface area contributed by atoms with Crippen LogP contribution in [0.15, 0.2) is 48.8 Å². The Morgan fingerprint density at radius 1 is 1.00 bits per heavy atom. The largest absolute Gasteiger partial charge is 0.491 e. The maximum absolute atomic E-state index is 12.3. The van der Waals surface area contributed by atoms with E-state index in [0.29, 0.717) is 41.9 Å². The van der Waals surface area contributed by atoms with Crippen molar-refractivity contribution in [2.45, 2.75) is 13.3 Å². The summed E-state index contributed by atoms with van der Waals surface area (Å²) in [5.74, 6) is 1.95. The van der Waals surface area contributed by atoms with E-state index < -0.39 is 6.03 Å². The first-order valence-electron chi connectivity index (χ1n) is 10.9. The number of pyridine rings is 1. The van der Waals surface area contributed by atoms with Crippen LogP contribution in [0.2, 0.25) is 0 Å². The first kappa shape index (κ1) is 23.1. The summed E-state index contributed by atoms with van der Waals surface area (Å²) in [5.41, 5.74) is 2.62. The number of aromatic nitrogens is 3. The minimum Gasteiger partial charge on any atom is -0.491 e. The van der Waals surface area contributed by atoms with Gasteiger partial charge in [0, 0.05) is 36.5 Å². The van der Waals surface area contributed by atoms with Gasteiger partial charge in [0.2, 0.25) is 0 Å². The van der Waals surface area contributed by atoms with E-state index in [1.54, 1.807) is 37.6 Å². The van der Waals surface area contributed by atoms with Crippen LogP contribution in [0.5, 0.6) is 5.75 Å². The molecule has 0 atom stereocenters. The number of morpholine rings is 1.